The van der Waals surface area contributed by atoms with E-state index in [1.807, 2.05) is 37.3 Å². The molecule has 94 valence electrons. The van der Waals surface area contributed by atoms with Gasteiger partial charge in [0.1, 0.15) is 12.4 Å². The topological polar surface area (TPSA) is 31.4 Å². The van der Waals surface area contributed by atoms with Crippen molar-refractivity contribution in [3.8, 4) is 11.6 Å². The molecule has 18 heavy (non-hydrogen) atoms. The SMILES string of the molecule is COc1ncccc1COc1ccc(Br)c(C)c1. The minimum Gasteiger partial charge on any atom is -0.489 e. The Hall–Kier alpha value is -1.55. The number of aryl methyl sites for hydroxylation is 1. The highest BCUT2D eigenvalue weighted by Crippen LogP contribution is 2.23. The second-order valence-electron chi connectivity index (χ2n) is 3.87. The van der Waals surface area contributed by atoms with Crippen molar-refractivity contribution in [2.45, 2.75) is 13.5 Å². The van der Waals surface area contributed by atoms with E-state index in [9.17, 15) is 0 Å². The average molecular weight is 308 g/mol. The van der Waals surface area contributed by atoms with Crippen LogP contribution in [-0.2, 0) is 6.61 Å². The van der Waals surface area contributed by atoms with Crippen molar-refractivity contribution in [2.24, 2.45) is 0 Å². The second kappa shape index (κ2) is 5.87. The molecule has 0 spiro atoms. The van der Waals surface area contributed by atoms with Gasteiger partial charge in [-0.25, -0.2) is 4.98 Å². The van der Waals surface area contributed by atoms with Crippen LogP contribution >= 0.6 is 15.9 Å². The number of benzene rings is 1. The zero-order chi connectivity index (χ0) is 13.0. The first-order valence-electron chi connectivity index (χ1n) is 5.57. The van der Waals surface area contributed by atoms with Crippen LogP contribution in [0.2, 0.25) is 0 Å². The van der Waals surface area contributed by atoms with Gasteiger partial charge in [-0.15, -0.1) is 0 Å². The minimum absolute atomic E-state index is 0.443. The molecule has 0 amide bonds. The molecule has 1 heterocycles. The highest BCUT2D eigenvalue weighted by molar-refractivity contribution is 9.10. The molecule has 0 aliphatic heterocycles. The summed E-state index contributed by atoms with van der Waals surface area (Å²) in [7, 11) is 1.61. The smallest absolute Gasteiger partial charge is 0.219 e. The number of nitrogens with zero attached hydrogens (tertiary/aromatic N) is 1. The van der Waals surface area contributed by atoms with Crippen molar-refractivity contribution >= 4 is 15.9 Å². The van der Waals surface area contributed by atoms with E-state index in [2.05, 4.69) is 20.9 Å². The monoisotopic (exact) mass is 307 g/mol. The van der Waals surface area contributed by atoms with E-state index in [-0.39, 0.29) is 0 Å². The fourth-order valence-corrected chi connectivity index (χ4v) is 1.83. The summed E-state index contributed by atoms with van der Waals surface area (Å²) in [4.78, 5) is 4.13. The summed E-state index contributed by atoms with van der Waals surface area (Å²) in [5, 5.41) is 0. The van der Waals surface area contributed by atoms with Gasteiger partial charge in [-0.05, 0) is 42.8 Å². The van der Waals surface area contributed by atoms with Gasteiger partial charge in [-0.1, -0.05) is 15.9 Å². The van der Waals surface area contributed by atoms with Crippen molar-refractivity contribution < 1.29 is 9.47 Å². The Morgan fingerprint density at radius 3 is 2.83 bits per heavy atom. The lowest BCUT2D eigenvalue weighted by Crippen LogP contribution is -2.00. The number of hydrogen-bond acceptors (Lipinski definition) is 3. The van der Waals surface area contributed by atoms with Crippen LogP contribution in [0.4, 0.5) is 0 Å². The molecule has 1 aromatic carbocycles. The molecule has 0 fully saturated rings. The van der Waals surface area contributed by atoms with Gasteiger partial charge in [0.05, 0.1) is 12.7 Å². The Labute approximate surface area is 115 Å². The van der Waals surface area contributed by atoms with Crippen molar-refractivity contribution in [2.75, 3.05) is 7.11 Å². The number of rotatable bonds is 4. The minimum atomic E-state index is 0.443. The first-order valence-corrected chi connectivity index (χ1v) is 6.37. The first kappa shape index (κ1) is 12.9. The summed E-state index contributed by atoms with van der Waals surface area (Å²) in [6.07, 6.45) is 1.70. The Morgan fingerprint density at radius 1 is 1.28 bits per heavy atom. The molecule has 0 aliphatic rings. The van der Waals surface area contributed by atoms with Crippen LogP contribution in [-0.4, -0.2) is 12.1 Å². The van der Waals surface area contributed by atoms with Crippen LogP contribution in [0.25, 0.3) is 0 Å². The van der Waals surface area contributed by atoms with Gasteiger partial charge in [0.2, 0.25) is 5.88 Å². The zero-order valence-electron chi connectivity index (χ0n) is 10.3. The molecule has 0 atom stereocenters. The van der Waals surface area contributed by atoms with Crippen molar-refractivity contribution in [3.63, 3.8) is 0 Å². The van der Waals surface area contributed by atoms with Crippen LogP contribution in [0, 0.1) is 6.92 Å². The maximum absolute atomic E-state index is 5.73. The zero-order valence-corrected chi connectivity index (χ0v) is 11.9. The van der Waals surface area contributed by atoms with Crippen LogP contribution in [0.15, 0.2) is 41.0 Å². The maximum Gasteiger partial charge on any atom is 0.219 e. The molecule has 0 saturated heterocycles. The third-order valence-corrected chi connectivity index (χ3v) is 3.46. The molecule has 0 aliphatic carbocycles. The summed E-state index contributed by atoms with van der Waals surface area (Å²) in [6, 6.07) is 9.71. The molecule has 2 rings (SSSR count). The number of ether oxygens (including phenoxy) is 2. The molecule has 0 radical (unpaired) electrons. The lowest BCUT2D eigenvalue weighted by molar-refractivity contribution is 0.293. The normalized spacial score (nSPS) is 10.2. The van der Waals surface area contributed by atoms with E-state index in [4.69, 9.17) is 9.47 Å². The van der Waals surface area contributed by atoms with Crippen molar-refractivity contribution in [1.82, 2.24) is 4.98 Å². The Kier molecular flexibility index (Phi) is 4.20. The lowest BCUT2D eigenvalue weighted by Gasteiger charge is -2.10. The fourth-order valence-electron chi connectivity index (χ4n) is 1.59. The van der Waals surface area contributed by atoms with Crippen molar-refractivity contribution in [3.05, 3.63) is 52.1 Å². The van der Waals surface area contributed by atoms with Gasteiger partial charge in [0.25, 0.3) is 0 Å². The highest BCUT2D eigenvalue weighted by atomic mass is 79.9. The molecule has 0 saturated carbocycles. The molecule has 0 bridgehead atoms. The van der Waals surface area contributed by atoms with Gasteiger partial charge in [0, 0.05) is 10.7 Å². The summed E-state index contributed by atoms with van der Waals surface area (Å²) in [6.45, 7) is 2.47. The number of pyridine rings is 1. The first-order chi connectivity index (χ1) is 8.70. The summed E-state index contributed by atoms with van der Waals surface area (Å²) in [5.74, 6) is 1.44. The Morgan fingerprint density at radius 2 is 2.11 bits per heavy atom. The summed E-state index contributed by atoms with van der Waals surface area (Å²) in [5.41, 5.74) is 2.08. The molecular formula is C14H14BrNO2. The van der Waals surface area contributed by atoms with E-state index in [0.29, 0.717) is 12.5 Å². The molecule has 0 unspecified atom stereocenters. The Balaban J connectivity index is 2.09. The number of aromatic nitrogens is 1. The van der Waals surface area contributed by atoms with E-state index >= 15 is 0 Å². The molecule has 3 nitrogen and oxygen atoms in total. The van der Waals surface area contributed by atoms with Gasteiger partial charge in [-0.2, -0.15) is 0 Å². The standard InChI is InChI=1S/C14H14BrNO2/c1-10-8-12(5-6-13(10)15)18-9-11-4-3-7-16-14(11)17-2/h3-8H,9H2,1-2H3. The third kappa shape index (κ3) is 3.01. The molecule has 0 N–H and O–H groups in total. The van der Waals surface area contributed by atoms with Crippen molar-refractivity contribution in [1.29, 1.82) is 0 Å². The maximum atomic E-state index is 5.73. The Bertz CT molecular complexity index is 543. The van der Waals surface area contributed by atoms with Gasteiger partial charge in [-0.3, -0.25) is 0 Å². The highest BCUT2D eigenvalue weighted by Gasteiger charge is 2.04. The summed E-state index contributed by atoms with van der Waals surface area (Å²) < 4.78 is 12.0. The van der Waals surface area contributed by atoms with E-state index < -0.39 is 0 Å². The van der Waals surface area contributed by atoms with Gasteiger partial charge < -0.3 is 9.47 Å². The van der Waals surface area contributed by atoms with Gasteiger partial charge in [0.15, 0.2) is 0 Å². The largest absolute Gasteiger partial charge is 0.489 e. The molecule has 1 aromatic heterocycles. The van der Waals surface area contributed by atoms with Gasteiger partial charge >= 0.3 is 0 Å². The summed E-state index contributed by atoms with van der Waals surface area (Å²) >= 11 is 3.46. The molecule has 4 heteroatoms. The fraction of sp³-hybridized carbons (Fsp3) is 0.214. The third-order valence-electron chi connectivity index (χ3n) is 2.57. The van der Waals surface area contributed by atoms with Crippen LogP contribution in [0.1, 0.15) is 11.1 Å². The van der Waals surface area contributed by atoms with Crippen LogP contribution in [0.3, 0.4) is 0 Å². The average Bonchev–Trinajstić information content (AvgIpc) is 2.40. The number of hydrogen-bond donors (Lipinski definition) is 0. The van der Waals surface area contributed by atoms with Crippen LogP contribution in [0.5, 0.6) is 11.6 Å². The quantitative estimate of drug-likeness (QED) is 0.862. The predicted octanol–water partition coefficient (Wildman–Crippen LogP) is 3.74. The van der Waals surface area contributed by atoms with E-state index in [0.717, 1.165) is 21.3 Å². The van der Waals surface area contributed by atoms with E-state index in [1.54, 1.807) is 13.3 Å². The molecule has 2 aromatic rings. The lowest BCUT2D eigenvalue weighted by atomic mass is 10.2. The van der Waals surface area contributed by atoms with E-state index in [1.165, 1.54) is 0 Å². The van der Waals surface area contributed by atoms with Crippen LogP contribution < -0.4 is 9.47 Å². The predicted molar refractivity (Wildman–Crippen MR) is 74.0 cm³/mol. The molecular weight excluding hydrogens is 294 g/mol. The number of halogens is 1. The second-order valence-corrected chi connectivity index (χ2v) is 4.73. The number of methoxy groups -OCH3 is 1.